The summed E-state index contributed by atoms with van der Waals surface area (Å²) in [5.74, 6) is 1.21. The maximum atomic E-state index is 13.1. The van der Waals surface area contributed by atoms with Crippen LogP contribution in [0.1, 0.15) is 57.2 Å². The number of benzene rings is 1. The molecule has 2 aliphatic rings. The number of carbonyl (C=O) groups is 1. The molecular formula is C21H26N4OS. The van der Waals surface area contributed by atoms with Crippen molar-refractivity contribution in [3.8, 4) is 0 Å². The first kappa shape index (κ1) is 18.3. The lowest BCUT2D eigenvalue weighted by atomic mass is 9.72. The van der Waals surface area contributed by atoms with Crippen LogP contribution in [0, 0.1) is 11.3 Å². The Bertz CT molecular complexity index is 911. The fourth-order valence-corrected chi connectivity index (χ4v) is 4.45. The van der Waals surface area contributed by atoms with Crippen LogP contribution in [-0.4, -0.2) is 26.8 Å². The summed E-state index contributed by atoms with van der Waals surface area (Å²) < 4.78 is 1.90. The third kappa shape index (κ3) is 3.20. The van der Waals surface area contributed by atoms with Gasteiger partial charge in [0.25, 0.3) is 0 Å². The minimum atomic E-state index is -0.244. The lowest BCUT2D eigenvalue weighted by molar-refractivity contribution is -0.125. The summed E-state index contributed by atoms with van der Waals surface area (Å²) in [6, 6.07) is 8.44. The number of rotatable bonds is 3. The van der Waals surface area contributed by atoms with Crippen LogP contribution in [0.15, 0.2) is 41.2 Å². The average Bonchev–Trinajstić information content (AvgIpc) is 3.01. The molecule has 0 amide bonds. The molecule has 5 nitrogen and oxygen atoms in total. The maximum Gasteiger partial charge on any atom is 0.227 e. The van der Waals surface area contributed by atoms with Gasteiger partial charge in [-0.15, -0.1) is 5.10 Å². The third-order valence-corrected chi connectivity index (χ3v) is 5.97. The monoisotopic (exact) mass is 382 g/mol. The molecule has 1 aromatic heterocycles. The topological polar surface area (TPSA) is 59.8 Å². The van der Waals surface area contributed by atoms with Crippen molar-refractivity contribution in [3.05, 3.63) is 47.2 Å². The van der Waals surface area contributed by atoms with Crippen molar-refractivity contribution in [3.63, 3.8) is 0 Å². The summed E-state index contributed by atoms with van der Waals surface area (Å²) in [6.07, 6.45) is 4.71. The molecule has 1 aliphatic carbocycles. The summed E-state index contributed by atoms with van der Waals surface area (Å²) in [7, 11) is 0. The Kier molecular flexibility index (Phi) is 4.41. The van der Waals surface area contributed by atoms with Gasteiger partial charge in [-0.25, -0.2) is 4.68 Å². The Labute approximate surface area is 164 Å². The van der Waals surface area contributed by atoms with Gasteiger partial charge in [0, 0.05) is 12.1 Å². The van der Waals surface area contributed by atoms with E-state index in [-0.39, 0.29) is 23.2 Å². The minimum absolute atomic E-state index is 0.146. The minimum Gasteiger partial charge on any atom is -0.328 e. The SMILES string of the molecule is CSc1nc2n(n1)[C@H](c1ccc(C(C)C)cc1)[C@H]1C(=O)CC(C)(C)C=C1N2. The number of thioether (sulfide) groups is 1. The standard InChI is InChI=1S/C21H26N4OS/c1-12(2)13-6-8-14(9-7-13)18-17-15(10-21(3,4)11-16(17)26)22-19-23-20(27-5)24-25(18)19/h6-10,12,17-18H,11H2,1-5H3,(H,22,23,24)/t17-,18-/m1/s1. The molecule has 1 aliphatic heterocycles. The second-order valence-corrected chi connectivity index (χ2v) is 9.24. The molecule has 0 radical (unpaired) electrons. The average molecular weight is 383 g/mol. The van der Waals surface area contributed by atoms with Crippen LogP contribution in [-0.2, 0) is 4.79 Å². The van der Waals surface area contributed by atoms with Crippen molar-refractivity contribution >= 4 is 23.5 Å². The van der Waals surface area contributed by atoms with Crippen molar-refractivity contribution in [2.45, 2.75) is 51.2 Å². The molecule has 142 valence electrons. The van der Waals surface area contributed by atoms with Gasteiger partial charge in [0.15, 0.2) is 0 Å². The highest BCUT2D eigenvalue weighted by Crippen LogP contribution is 2.45. The highest BCUT2D eigenvalue weighted by molar-refractivity contribution is 7.98. The van der Waals surface area contributed by atoms with Crippen molar-refractivity contribution in [2.24, 2.45) is 11.3 Å². The van der Waals surface area contributed by atoms with Gasteiger partial charge in [-0.3, -0.25) is 4.79 Å². The Balaban J connectivity index is 1.86. The number of Topliss-reactive ketones (excluding diaryl/α,β-unsaturated/α-hetero) is 1. The summed E-state index contributed by atoms with van der Waals surface area (Å²) in [4.78, 5) is 17.7. The molecule has 0 fully saturated rings. The van der Waals surface area contributed by atoms with E-state index >= 15 is 0 Å². The van der Waals surface area contributed by atoms with Crippen molar-refractivity contribution < 1.29 is 4.79 Å². The molecule has 0 bridgehead atoms. The number of allylic oxidation sites excluding steroid dienone is 2. The molecule has 4 rings (SSSR count). The predicted molar refractivity (Wildman–Crippen MR) is 109 cm³/mol. The van der Waals surface area contributed by atoms with Gasteiger partial charge in [0.05, 0.1) is 12.0 Å². The first-order valence-corrected chi connectivity index (χ1v) is 10.6. The smallest absolute Gasteiger partial charge is 0.227 e. The van der Waals surface area contributed by atoms with Crippen LogP contribution >= 0.6 is 11.8 Å². The molecule has 6 heteroatoms. The fourth-order valence-electron chi connectivity index (χ4n) is 4.11. The Morgan fingerprint density at radius 1 is 1.26 bits per heavy atom. The van der Waals surface area contributed by atoms with Crippen LogP contribution in [0.3, 0.4) is 0 Å². The second kappa shape index (κ2) is 6.51. The molecule has 2 aromatic rings. The lowest BCUT2D eigenvalue weighted by Crippen LogP contribution is -2.42. The highest BCUT2D eigenvalue weighted by atomic mass is 32.2. The summed E-state index contributed by atoms with van der Waals surface area (Å²) >= 11 is 1.51. The first-order valence-electron chi connectivity index (χ1n) is 9.42. The number of nitrogens with zero attached hydrogens (tertiary/aromatic N) is 3. The lowest BCUT2D eigenvalue weighted by Gasteiger charge is -2.40. The summed E-state index contributed by atoms with van der Waals surface area (Å²) in [5.41, 5.74) is 3.21. The highest BCUT2D eigenvalue weighted by Gasteiger charge is 2.45. The van der Waals surface area contributed by atoms with Crippen LogP contribution in [0.5, 0.6) is 0 Å². The molecule has 1 N–H and O–H groups in total. The Morgan fingerprint density at radius 3 is 2.59 bits per heavy atom. The van der Waals surface area contributed by atoms with Crippen molar-refractivity contribution in [2.75, 3.05) is 11.6 Å². The van der Waals surface area contributed by atoms with Gasteiger partial charge in [-0.2, -0.15) is 4.98 Å². The fraction of sp³-hybridized carbons (Fsp3) is 0.476. The van der Waals surface area contributed by atoms with E-state index in [1.54, 1.807) is 0 Å². The van der Waals surface area contributed by atoms with Crippen LogP contribution in [0.2, 0.25) is 0 Å². The third-order valence-electron chi connectivity index (χ3n) is 5.43. The van der Waals surface area contributed by atoms with E-state index in [0.29, 0.717) is 23.4 Å². The molecule has 0 spiro atoms. The number of carbonyl (C=O) groups excluding carboxylic acids is 1. The van der Waals surface area contributed by atoms with E-state index < -0.39 is 0 Å². The number of fused-ring (bicyclic) bond motifs is 2. The van der Waals surface area contributed by atoms with Gasteiger partial charge >= 0.3 is 0 Å². The second-order valence-electron chi connectivity index (χ2n) is 8.47. The largest absolute Gasteiger partial charge is 0.328 e. The number of ketones is 1. The van der Waals surface area contributed by atoms with E-state index in [0.717, 1.165) is 11.3 Å². The zero-order valence-electron chi connectivity index (χ0n) is 16.5. The van der Waals surface area contributed by atoms with Gasteiger partial charge in [-0.1, -0.05) is 69.8 Å². The van der Waals surface area contributed by atoms with Crippen LogP contribution < -0.4 is 5.32 Å². The summed E-state index contributed by atoms with van der Waals surface area (Å²) in [6.45, 7) is 8.59. The van der Waals surface area contributed by atoms with Gasteiger partial charge in [0.1, 0.15) is 5.78 Å². The van der Waals surface area contributed by atoms with E-state index in [1.807, 2.05) is 10.9 Å². The molecule has 0 saturated heterocycles. The van der Waals surface area contributed by atoms with Gasteiger partial charge < -0.3 is 5.32 Å². The molecular weight excluding hydrogens is 356 g/mol. The van der Waals surface area contributed by atoms with Crippen LogP contribution in [0.25, 0.3) is 0 Å². The molecule has 2 atom stereocenters. The number of anilines is 1. The Morgan fingerprint density at radius 2 is 1.96 bits per heavy atom. The molecule has 2 heterocycles. The maximum absolute atomic E-state index is 13.1. The van der Waals surface area contributed by atoms with E-state index in [1.165, 1.54) is 17.3 Å². The number of hydrogen-bond donors (Lipinski definition) is 1. The molecule has 27 heavy (non-hydrogen) atoms. The first-order chi connectivity index (χ1) is 12.8. The predicted octanol–water partition coefficient (Wildman–Crippen LogP) is 4.64. The quantitative estimate of drug-likeness (QED) is 0.784. The number of hydrogen-bond acceptors (Lipinski definition) is 5. The molecule has 0 unspecified atom stereocenters. The van der Waals surface area contributed by atoms with Crippen LogP contribution in [0.4, 0.5) is 5.95 Å². The summed E-state index contributed by atoms with van der Waals surface area (Å²) in [5, 5.41) is 8.77. The van der Waals surface area contributed by atoms with Crippen molar-refractivity contribution in [1.29, 1.82) is 0 Å². The number of aromatic nitrogens is 3. The Hall–Kier alpha value is -2.08. The van der Waals surface area contributed by atoms with E-state index in [9.17, 15) is 4.79 Å². The normalized spacial score (nSPS) is 23.5. The van der Waals surface area contributed by atoms with Crippen molar-refractivity contribution in [1.82, 2.24) is 14.8 Å². The molecule has 1 aromatic carbocycles. The van der Waals surface area contributed by atoms with E-state index in [2.05, 4.69) is 73.4 Å². The number of nitrogens with one attached hydrogen (secondary N) is 1. The van der Waals surface area contributed by atoms with Gasteiger partial charge in [0.2, 0.25) is 11.1 Å². The molecule has 0 saturated carbocycles. The van der Waals surface area contributed by atoms with E-state index in [4.69, 9.17) is 0 Å². The van der Waals surface area contributed by atoms with Gasteiger partial charge in [-0.05, 0) is 28.7 Å². The zero-order chi connectivity index (χ0) is 19.3. The zero-order valence-corrected chi connectivity index (χ0v) is 17.3.